The highest BCUT2D eigenvalue weighted by atomic mass is 16.2. The number of nitrogens with one attached hydrogen (secondary N) is 2. The molecule has 2 rings (SSSR count). The van der Waals surface area contributed by atoms with Crippen molar-refractivity contribution in [3.63, 3.8) is 0 Å². The summed E-state index contributed by atoms with van der Waals surface area (Å²) in [6, 6.07) is 0. The minimum absolute atomic E-state index is 0.218. The lowest BCUT2D eigenvalue weighted by Gasteiger charge is -2.46. The van der Waals surface area contributed by atoms with Gasteiger partial charge in [-0.3, -0.25) is 9.69 Å². The average Bonchev–Trinajstić information content (AvgIpc) is 2.39. The number of likely N-dealkylation sites (tertiary alicyclic amines) is 1. The van der Waals surface area contributed by atoms with Crippen molar-refractivity contribution in [2.45, 2.75) is 37.6 Å². The summed E-state index contributed by atoms with van der Waals surface area (Å²) in [5, 5.41) is 6.22. The molecule has 2 saturated heterocycles. The van der Waals surface area contributed by atoms with Gasteiger partial charge in [-0.15, -0.1) is 0 Å². The Morgan fingerprint density at radius 1 is 1.19 bits per heavy atom. The fraction of sp³-hybridized carbons (Fsp3) is 0.917. The van der Waals surface area contributed by atoms with Gasteiger partial charge in [0, 0.05) is 7.05 Å². The molecule has 1 amide bonds. The van der Waals surface area contributed by atoms with Gasteiger partial charge in [-0.1, -0.05) is 6.42 Å². The van der Waals surface area contributed by atoms with Crippen LogP contribution in [0.15, 0.2) is 0 Å². The number of amides is 1. The van der Waals surface area contributed by atoms with E-state index in [1.54, 1.807) is 7.05 Å². The van der Waals surface area contributed by atoms with Gasteiger partial charge in [0.1, 0.15) is 5.54 Å². The second-order valence-corrected chi connectivity index (χ2v) is 4.91. The quantitative estimate of drug-likeness (QED) is 0.712. The van der Waals surface area contributed by atoms with Crippen molar-refractivity contribution in [2.24, 2.45) is 0 Å². The zero-order valence-electron chi connectivity index (χ0n) is 10.2. The number of hydrogen-bond donors (Lipinski definition) is 2. The summed E-state index contributed by atoms with van der Waals surface area (Å²) >= 11 is 0. The second-order valence-electron chi connectivity index (χ2n) is 4.91. The minimum Gasteiger partial charge on any atom is -0.358 e. The van der Waals surface area contributed by atoms with Crippen molar-refractivity contribution in [2.75, 3.05) is 33.2 Å². The van der Waals surface area contributed by atoms with Crippen LogP contribution in [0.1, 0.15) is 32.1 Å². The first kappa shape index (κ1) is 11.9. The van der Waals surface area contributed by atoms with E-state index in [-0.39, 0.29) is 11.4 Å². The highest BCUT2D eigenvalue weighted by Crippen LogP contribution is 2.29. The Balaban J connectivity index is 2.14. The summed E-state index contributed by atoms with van der Waals surface area (Å²) in [6.45, 7) is 4.11. The van der Waals surface area contributed by atoms with Gasteiger partial charge in [0.2, 0.25) is 5.91 Å². The van der Waals surface area contributed by atoms with Gasteiger partial charge in [-0.25, -0.2) is 0 Å². The minimum atomic E-state index is -0.222. The molecular weight excluding hydrogens is 202 g/mol. The maximum Gasteiger partial charge on any atom is 0.240 e. The van der Waals surface area contributed by atoms with Gasteiger partial charge in [-0.05, 0) is 51.9 Å². The van der Waals surface area contributed by atoms with Gasteiger partial charge >= 0.3 is 0 Å². The molecule has 2 heterocycles. The van der Waals surface area contributed by atoms with Crippen LogP contribution in [0.2, 0.25) is 0 Å². The van der Waals surface area contributed by atoms with Crippen molar-refractivity contribution in [1.29, 1.82) is 0 Å². The molecule has 0 saturated carbocycles. The molecule has 4 heteroatoms. The molecule has 0 bridgehead atoms. The third-order valence-corrected chi connectivity index (χ3v) is 4.04. The lowest BCUT2D eigenvalue weighted by molar-refractivity contribution is -0.136. The normalized spacial score (nSPS) is 26.3. The highest BCUT2D eigenvalue weighted by Gasteiger charge is 2.44. The van der Waals surface area contributed by atoms with Crippen LogP contribution in [0.3, 0.4) is 0 Å². The van der Waals surface area contributed by atoms with Crippen LogP contribution in [0.5, 0.6) is 0 Å². The first-order valence-electron chi connectivity index (χ1n) is 6.47. The summed E-state index contributed by atoms with van der Waals surface area (Å²) in [4.78, 5) is 14.6. The third kappa shape index (κ3) is 2.09. The van der Waals surface area contributed by atoms with Crippen LogP contribution >= 0.6 is 0 Å². The molecule has 0 aromatic rings. The van der Waals surface area contributed by atoms with Crippen LogP contribution < -0.4 is 10.6 Å². The summed E-state index contributed by atoms with van der Waals surface area (Å²) in [5.41, 5.74) is -0.222. The van der Waals surface area contributed by atoms with E-state index in [0.717, 1.165) is 39.0 Å². The van der Waals surface area contributed by atoms with E-state index in [2.05, 4.69) is 15.5 Å². The van der Waals surface area contributed by atoms with Crippen LogP contribution in [0.25, 0.3) is 0 Å². The molecule has 4 nitrogen and oxygen atoms in total. The molecule has 92 valence electrons. The molecule has 0 atom stereocenters. The highest BCUT2D eigenvalue weighted by molar-refractivity contribution is 5.86. The van der Waals surface area contributed by atoms with E-state index >= 15 is 0 Å². The van der Waals surface area contributed by atoms with Crippen molar-refractivity contribution in [3.8, 4) is 0 Å². The van der Waals surface area contributed by atoms with Gasteiger partial charge < -0.3 is 10.6 Å². The fourth-order valence-corrected chi connectivity index (χ4v) is 3.08. The Morgan fingerprint density at radius 3 is 2.38 bits per heavy atom. The summed E-state index contributed by atoms with van der Waals surface area (Å²) in [6.07, 6.45) is 5.70. The number of rotatable bonds is 2. The van der Waals surface area contributed by atoms with Crippen LogP contribution in [-0.2, 0) is 4.79 Å². The smallest absolute Gasteiger partial charge is 0.240 e. The third-order valence-electron chi connectivity index (χ3n) is 4.04. The number of hydrogen-bond acceptors (Lipinski definition) is 3. The molecule has 16 heavy (non-hydrogen) atoms. The maximum absolute atomic E-state index is 12.2. The van der Waals surface area contributed by atoms with Gasteiger partial charge in [0.05, 0.1) is 0 Å². The van der Waals surface area contributed by atoms with Gasteiger partial charge in [0.25, 0.3) is 0 Å². The summed E-state index contributed by atoms with van der Waals surface area (Å²) in [7, 11) is 1.76. The predicted octanol–water partition coefficient (Wildman–Crippen LogP) is 0.341. The molecule has 0 spiro atoms. The van der Waals surface area contributed by atoms with E-state index in [0.29, 0.717) is 0 Å². The molecule has 0 aromatic heterocycles. The number of carbonyl (C=O) groups excluding carboxylic acids is 1. The molecule has 2 fully saturated rings. The van der Waals surface area contributed by atoms with Crippen molar-refractivity contribution in [1.82, 2.24) is 15.5 Å². The fourth-order valence-electron chi connectivity index (χ4n) is 3.08. The second kappa shape index (κ2) is 5.15. The topological polar surface area (TPSA) is 44.4 Å². The van der Waals surface area contributed by atoms with Crippen LogP contribution in [-0.4, -0.2) is 49.6 Å². The Bertz CT molecular complexity index is 243. The largest absolute Gasteiger partial charge is 0.358 e. The van der Waals surface area contributed by atoms with Gasteiger partial charge in [0.15, 0.2) is 0 Å². The van der Waals surface area contributed by atoms with E-state index in [1.807, 2.05) is 0 Å². The predicted molar refractivity (Wildman–Crippen MR) is 64.3 cm³/mol. The Labute approximate surface area is 97.8 Å². The van der Waals surface area contributed by atoms with E-state index in [1.165, 1.54) is 19.3 Å². The van der Waals surface area contributed by atoms with E-state index in [9.17, 15) is 4.79 Å². The Hall–Kier alpha value is -0.610. The molecule has 2 N–H and O–H groups in total. The van der Waals surface area contributed by atoms with Gasteiger partial charge in [-0.2, -0.15) is 0 Å². The molecular formula is C12H23N3O. The molecule has 0 unspecified atom stereocenters. The standard InChI is InChI=1S/C12H23N3O/c1-13-11(16)12(5-7-14-8-6-12)15-9-3-2-4-10-15/h14H,2-10H2,1H3,(H,13,16). The summed E-state index contributed by atoms with van der Waals surface area (Å²) < 4.78 is 0. The van der Waals surface area contributed by atoms with Crippen LogP contribution in [0.4, 0.5) is 0 Å². The van der Waals surface area contributed by atoms with Crippen molar-refractivity contribution in [3.05, 3.63) is 0 Å². The van der Waals surface area contributed by atoms with Crippen LogP contribution in [0, 0.1) is 0 Å². The lowest BCUT2D eigenvalue weighted by atomic mass is 9.84. The molecule has 0 radical (unpaired) electrons. The number of nitrogens with zero attached hydrogens (tertiary/aromatic N) is 1. The first-order valence-corrected chi connectivity index (χ1v) is 6.47. The lowest BCUT2D eigenvalue weighted by Crippen LogP contribution is -2.63. The Morgan fingerprint density at radius 2 is 1.81 bits per heavy atom. The SMILES string of the molecule is CNC(=O)C1(N2CCCCC2)CCNCC1. The number of piperidine rings is 2. The van der Waals surface area contributed by atoms with Crippen molar-refractivity contribution < 1.29 is 4.79 Å². The molecule has 2 aliphatic heterocycles. The monoisotopic (exact) mass is 225 g/mol. The van der Waals surface area contributed by atoms with E-state index < -0.39 is 0 Å². The zero-order valence-corrected chi connectivity index (χ0v) is 10.2. The summed E-state index contributed by atoms with van der Waals surface area (Å²) in [5.74, 6) is 0.218. The molecule has 0 aromatic carbocycles. The Kier molecular flexibility index (Phi) is 3.82. The molecule has 0 aliphatic carbocycles. The zero-order chi connectivity index (χ0) is 11.4. The number of likely N-dealkylation sites (N-methyl/N-ethyl adjacent to an activating group) is 1. The maximum atomic E-state index is 12.2. The number of carbonyl (C=O) groups is 1. The first-order chi connectivity index (χ1) is 7.79. The van der Waals surface area contributed by atoms with E-state index in [4.69, 9.17) is 0 Å². The molecule has 2 aliphatic rings. The average molecular weight is 225 g/mol. The van der Waals surface area contributed by atoms with Crippen molar-refractivity contribution >= 4 is 5.91 Å².